The first kappa shape index (κ1) is 18.0. The van der Waals surface area contributed by atoms with Gasteiger partial charge < -0.3 is 10.1 Å². The summed E-state index contributed by atoms with van der Waals surface area (Å²) in [6, 6.07) is 13.7. The lowest BCUT2D eigenvalue weighted by Crippen LogP contribution is -2.28. The molecule has 1 N–H and O–H groups in total. The summed E-state index contributed by atoms with van der Waals surface area (Å²) in [5, 5.41) is 2.91. The summed E-state index contributed by atoms with van der Waals surface area (Å²) >= 11 is 0. The van der Waals surface area contributed by atoms with E-state index in [9.17, 15) is 13.2 Å². The molecule has 0 saturated carbocycles. The molecule has 0 fully saturated rings. The van der Waals surface area contributed by atoms with Gasteiger partial charge >= 0.3 is 0 Å². The lowest BCUT2D eigenvalue weighted by Gasteiger charge is -2.15. The SMILES string of the molecule is COc1ccc(CC(=O)NC(C)c2ccc(S(C)(=O)=O)cc2)cc1. The molecule has 0 heterocycles. The third-order valence-corrected chi connectivity index (χ3v) is 4.84. The van der Waals surface area contributed by atoms with E-state index in [0.29, 0.717) is 0 Å². The second-order valence-electron chi connectivity index (χ2n) is 5.66. The van der Waals surface area contributed by atoms with Crippen molar-refractivity contribution in [2.75, 3.05) is 13.4 Å². The third kappa shape index (κ3) is 4.83. The molecule has 128 valence electrons. The Morgan fingerprint density at radius 3 is 2.17 bits per heavy atom. The summed E-state index contributed by atoms with van der Waals surface area (Å²) in [5.74, 6) is 0.651. The second-order valence-corrected chi connectivity index (χ2v) is 7.67. The van der Waals surface area contributed by atoms with E-state index >= 15 is 0 Å². The van der Waals surface area contributed by atoms with Crippen LogP contribution in [0.5, 0.6) is 5.75 Å². The van der Waals surface area contributed by atoms with Crippen LogP contribution in [0.3, 0.4) is 0 Å². The maximum absolute atomic E-state index is 12.1. The highest BCUT2D eigenvalue weighted by Crippen LogP contribution is 2.17. The van der Waals surface area contributed by atoms with Crippen LogP contribution >= 0.6 is 0 Å². The van der Waals surface area contributed by atoms with Crippen LogP contribution in [0.15, 0.2) is 53.4 Å². The fourth-order valence-electron chi connectivity index (χ4n) is 2.31. The van der Waals surface area contributed by atoms with Crippen molar-refractivity contribution in [3.63, 3.8) is 0 Å². The predicted molar refractivity (Wildman–Crippen MR) is 92.8 cm³/mol. The Balaban J connectivity index is 1.97. The molecule has 0 aromatic heterocycles. The first-order valence-electron chi connectivity index (χ1n) is 7.52. The molecule has 2 aromatic carbocycles. The van der Waals surface area contributed by atoms with Crippen LogP contribution in [0.25, 0.3) is 0 Å². The number of hydrogen-bond acceptors (Lipinski definition) is 4. The van der Waals surface area contributed by atoms with Gasteiger partial charge in [-0.3, -0.25) is 4.79 Å². The molecular weight excluding hydrogens is 326 g/mol. The van der Waals surface area contributed by atoms with Gasteiger partial charge in [-0.2, -0.15) is 0 Å². The van der Waals surface area contributed by atoms with E-state index in [4.69, 9.17) is 4.74 Å². The van der Waals surface area contributed by atoms with Crippen molar-refractivity contribution in [3.8, 4) is 5.75 Å². The quantitative estimate of drug-likeness (QED) is 0.871. The number of carbonyl (C=O) groups excluding carboxylic acids is 1. The van der Waals surface area contributed by atoms with E-state index in [1.54, 1.807) is 31.4 Å². The molecule has 24 heavy (non-hydrogen) atoms. The zero-order chi connectivity index (χ0) is 17.7. The number of hydrogen-bond donors (Lipinski definition) is 1. The van der Waals surface area contributed by atoms with Crippen LogP contribution in [-0.2, 0) is 21.1 Å². The van der Waals surface area contributed by atoms with Gasteiger partial charge in [0.25, 0.3) is 0 Å². The highest BCUT2D eigenvalue weighted by molar-refractivity contribution is 7.90. The molecular formula is C18H21NO4S. The van der Waals surface area contributed by atoms with Crippen LogP contribution in [0, 0.1) is 0 Å². The number of ether oxygens (including phenoxy) is 1. The summed E-state index contributed by atoms with van der Waals surface area (Å²) in [6.07, 6.45) is 1.44. The number of carbonyl (C=O) groups is 1. The maximum atomic E-state index is 12.1. The van der Waals surface area contributed by atoms with E-state index < -0.39 is 9.84 Å². The Bertz CT molecular complexity index is 796. The van der Waals surface area contributed by atoms with Gasteiger partial charge in [-0.15, -0.1) is 0 Å². The molecule has 0 aliphatic rings. The largest absolute Gasteiger partial charge is 0.497 e. The molecule has 6 heteroatoms. The van der Waals surface area contributed by atoms with Gasteiger partial charge in [0.05, 0.1) is 24.5 Å². The zero-order valence-electron chi connectivity index (χ0n) is 13.9. The Hall–Kier alpha value is -2.34. The number of nitrogens with one attached hydrogen (secondary N) is 1. The summed E-state index contributed by atoms with van der Waals surface area (Å²) < 4.78 is 28.0. The molecule has 2 rings (SSSR count). The lowest BCUT2D eigenvalue weighted by atomic mass is 10.1. The number of benzene rings is 2. The first-order chi connectivity index (χ1) is 11.3. The number of sulfone groups is 1. The van der Waals surface area contributed by atoms with Crippen molar-refractivity contribution in [1.82, 2.24) is 5.32 Å². The van der Waals surface area contributed by atoms with Gasteiger partial charge in [-0.25, -0.2) is 8.42 Å². The molecule has 2 aromatic rings. The molecule has 1 unspecified atom stereocenters. The average Bonchev–Trinajstić information content (AvgIpc) is 2.54. The summed E-state index contributed by atoms with van der Waals surface area (Å²) in [4.78, 5) is 12.4. The summed E-state index contributed by atoms with van der Waals surface area (Å²) in [5.41, 5.74) is 1.75. The van der Waals surface area contributed by atoms with Crippen molar-refractivity contribution < 1.29 is 17.9 Å². The molecule has 1 amide bonds. The van der Waals surface area contributed by atoms with E-state index in [1.807, 2.05) is 31.2 Å². The maximum Gasteiger partial charge on any atom is 0.224 e. The van der Waals surface area contributed by atoms with E-state index in [2.05, 4.69) is 5.32 Å². The monoisotopic (exact) mass is 347 g/mol. The molecule has 0 bridgehead atoms. The van der Waals surface area contributed by atoms with Crippen LogP contribution in [0.1, 0.15) is 24.1 Å². The van der Waals surface area contributed by atoms with Gasteiger partial charge in [-0.1, -0.05) is 24.3 Å². The van der Waals surface area contributed by atoms with Crippen molar-refractivity contribution in [2.24, 2.45) is 0 Å². The Morgan fingerprint density at radius 1 is 1.08 bits per heavy atom. The predicted octanol–water partition coefficient (Wildman–Crippen LogP) is 2.52. The average molecular weight is 347 g/mol. The van der Waals surface area contributed by atoms with Gasteiger partial charge in [0.15, 0.2) is 9.84 Å². The van der Waals surface area contributed by atoms with Crippen molar-refractivity contribution >= 4 is 15.7 Å². The van der Waals surface area contributed by atoms with Gasteiger partial charge in [-0.05, 0) is 42.3 Å². The summed E-state index contributed by atoms with van der Waals surface area (Å²) in [6.45, 7) is 1.86. The molecule has 0 aliphatic carbocycles. The van der Waals surface area contributed by atoms with Crippen LogP contribution in [0.2, 0.25) is 0 Å². The molecule has 1 atom stereocenters. The van der Waals surface area contributed by atoms with E-state index in [-0.39, 0.29) is 23.3 Å². The van der Waals surface area contributed by atoms with E-state index in [0.717, 1.165) is 16.9 Å². The number of rotatable bonds is 6. The van der Waals surface area contributed by atoms with Crippen LogP contribution < -0.4 is 10.1 Å². The highest BCUT2D eigenvalue weighted by Gasteiger charge is 2.12. The van der Waals surface area contributed by atoms with Crippen molar-refractivity contribution in [1.29, 1.82) is 0 Å². The molecule has 5 nitrogen and oxygen atoms in total. The zero-order valence-corrected chi connectivity index (χ0v) is 14.8. The molecule has 0 saturated heterocycles. The molecule has 0 spiro atoms. The Kier molecular flexibility index (Phi) is 5.62. The Morgan fingerprint density at radius 2 is 1.67 bits per heavy atom. The van der Waals surface area contributed by atoms with Gasteiger partial charge in [0, 0.05) is 6.26 Å². The lowest BCUT2D eigenvalue weighted by molar-refractivity contribution is -0.121. The van der Waals surface area contributed by atoms with Crippen LogP contribution in [0.4, 0.5) is 0 Å². The first-order valence-corrected chi connectivity index (χ1v) is 9.41. The smallest absolute Gasteiger partial charge is 0.224 e. The van der Waals surface area contributed by atoms with E-state index in [1.165, 1.54) is 6.26 Å². The highest BCUT2D eigenvalue weighted by atomic mass is 32.2. The fraction of sp³-hybridized carbons (Fsp3) is 0.278. The molecule has 0 aliphatic heterocycles. The Labute approximate surface area is 142 Å². The standard InChI is InChI=1S/C18H21NO4S/c1-13(15-6-10-17(11-7-15)24(3,21)22)19-18(20)12-14-4-8-16(23-2)9-5-14/h4-11,13H,12H2,1-3H3,(H,19,20). The fourth-order valence-corrected chi connectivity index (χ4v) is 2.94. The minimum absolute atomic E-state index is 0.0974. The molecule has 0 radical (unpaired) electrons. The minimum Gasteiger partial charge on any atom is -0.497 e. The number of methoxy groups -OCH3 is 1. The van der Waals surface area contributed by atoms with Crippen molar-refractivity contribution in [2.45, 2.75) is 24.3 Å². The summed E-state index contributed by atoms with van der Waals surface area (Å²) in [7, 11) is -1.62. The topological polar surface area (TPSA) is 72.5 Å². The number of amides is 1. The second kappa shape index (κ2) is 7.49. The normalized spacial score (nSPS) is 12.5. The third-order valence-electron chi connectivity index (χ3n) is 3.71. The van der Waals surface area contributed by atoms with Gasteiger partial charge in [0.2, 0.25) is 5.91 Å². The van der Waals surface area contributed by atoms with Crippen molar-refractivity contribution in [3.05, 3.63) is 59.7 Å². The van der Waals surface area contributed by atoms with Crippen LogP contribution in [-0.4, -0.2) is 27.7 Å². The minimum atomic E-state index is -3.21. The van der Waals surface area contributed by atoms with Gasteiger partial charge in [0.1, 0.15) is 5.75 Å².